The minimum Gasteiger partial charge on any atom is -0.480 e. The Morgan fingerprint density at radius 3 is 2.50 bits per heavy atom. The first kappa shape index (κ1) is 34.2. The lowest BCUT2D eigenvalue weighted by Gasteiger charge is -2.17. The number of H-pyrrole nitrogens is 1. The molecule has 5 N–H and O–H groups in total. The van der Waals surface area contributed by atoms with Gasteiger partial charge >= 0.3 is 11.9 Å². The van der Waals surface area contributed by atoms with Gasteiger partial charge in [0.2, 0.25) is 0 Å². The number of aromatic nitrogens is 1. The molecule has 1 aliphatic heterocycles. The Balaban J connectivity index is 0.00000616. The fourth-order valence-corrected chi connectivity index (χ4v) is 4.44. The van der Waals surface area contributed by atoms with Crippen LogP contribution in [0.15, 0.2) is 35.5 Å². The summed E-state index contributed by atoms with van der Waals surface area (Å²) in [4.78, 5) is 55.9. The van der Waals surface area contributed by atoms with Gasteiger partial charge in [-0.1, -0.05) is 40.3 Å². The number of benzene rings is 1. The normalized spacial score (nSPS) is 13.4. The number of carbonyl (C=O) groups excluding carboxylic acids is 3. The van der Waals surface area contributed by atoms with Crippen molar-refractivity contribution in [1.29, 1.82) is 0 Å². The minimum atomic E-state index is -1.24. The molecule has 0 saturated carbocycles. The van der Waals surface area contributed by atoms with Crippen LogP contribution < -0.4 is 11.1 Å². The molecule has 3 rings (SSSR count). The number of fused-ring (bicyclic) bond motifs is 1. The van der Waals surface area contributed by atoms with Gasteiger partial charge in [0.05, 0.1) is 18.6 Å². The van der Waals surface area contributed by atoms with Crippen LogP contribution in [0.2, 0.25) is 0 Å². The molecule has 2 heterocycles. The van der Waals surface area contributed by atoms with Gasteiger partial charge < -0.3 is 30.6 Å². The standard InChI is InChI=1S/C30H40N4O7.CH4/c1-30(2,3)13-4-14-40-15-16-41-25(36)12-11-22(29(38)39)33-28(37)20-8-5-19(6-9-20)7-10-21-18-32-27-26(21)23(35)17-24(31)34-27;/h5-6,8-9,18,22,32H,4,7,10-17H2,1-3H3,(H2,31,34)(H,33,37)(H,38,39);1H4/t22-;/m0./s1. The molecule has 1 atom stereocenters. The Bertz CT molecular complexity index is 1260. The molecular weight excluding hydrogens is 540 g/mol. The molecule has 1 aromatic carbocycles. The van der Waals surface area contributed by atoms with Crippen LogP contribution in [0.25, 0.3) is 0 Å². The van der Waals surface area contributed by atoms with E-state index in [-0.39, 0.29) is 56.9 Å². The number of ether oxygens (including phenoxy) is 2. The molecule has 0 fully saturated rings. The highest BCUT2D eigenvalue weighted by Gasteiger charge is 2.24. The van der Waals surface area contributed by atoms with Crippen LogP contribution in [0.5, 0.6) is 0 Å². The average Bonchev–Trinajstić information content (AvgIpc) is 3.31. The van der Waals surface area contributed by atoms with Crippen molar-refractivity contribution in [3.8, 4) is 0 Å². The molecule has 0 spiro atoms. The van der Waals surface area contributed by atoms with Crippen molar-refractivity contribution in [3.05, 3.63) is 52.7 Å². The van der Waals surface area contributed by atoms with E-state index in [0.717, 1.165) is 24.0 Å². The van der Waals surface area contributed by atoms with Gasteiger partial charge in [-0.05, 0) is 60.8 Å². The van der Waals surface area contributed by atoms with Crippen molar-refractivity contribution >= 4 is 35.3 Å². The number of aliphatic imine (C=N–C) groups is 1. The SMILES string of the molecule is C.CC(C)(C)CCCOCCOC(=O)CC[C@H](NC(=O)c1ccc(CCc2c[nH]c3c2C(=O)CC(N)=N3)cc1)C(=O)O. The highest BCUT2D eigenvalue weighted by molar-refractivity contribution is 6.15. The largest absolute Gasteiger partial charge is 0.480 e. The van der Waals surface area contributed by atoms with Crippen LogP contribution in [-0.2, 0) is 31.9 Å². The summed E-state index contributed by atoms with van der Waals surface area (Å²) in [5.74, 6) is -1.63. The van der Waals surface area contributed by atoms with Crippen LogP contribution in [0.4, 0.5) is 5.82 Å². The summed E-state index contributed by atoms with van der Waals surface area (Å²) in [6.45, 7) is 7.44. The summed E-state index contributed by atoms with van der Waals surface area (Å²) >= 11 is 0. The van der Waals surface area contributed by atoms with Gasteiger partial charge in [0, 0.05) is 24.8 Å². The number of ketones is 1. The van der Waals surface area contributed by atoms with Crippen molar-refractivity contribution in [2.45, 2.75) is 79.2 Å². The summed E-state index contributed by atoms with van der Waals surface area (Å²) < 4.78 is 10.6. The minimum absolute atomic E-state index is 0. The number of aromatic amines is 1. The van der Waals surface area contributed by atoms with Crippen molar-refractivity contribution in [3.63, 3.8) is 0 Å². The second-order valence-corrected chi connectivity index (χ2v) is 11.3. The molecule has 0 aliphatic carbocycles. The van der Waals surface area contributed by atoms with E-state index < -0.39 is 23.9 Å². The van der Waals surface area contributed by atoms with Gasteiger partial charge in [0.1, 0.15) is 24.3 Å². The number of hydrogen-bond acceptors (Lipinski definition) is 8. The van der Waals surface area contributed by atoms with Crippen LogP contribution in [0, 0.1) is 5.41 Å². The Morgan fingerprint density at radius 2 is 1.83 bits per heavy atom. The lowest BCUT2D eigenvalue weighted by Crippen LogP contribution is -2.41. The van der Waals surface area contributed by atoms with Gasteiger partial charge in [-0.3, -0.25) is 14.4 Å². The number of amidine groups is 1. The van der Waals surface area contributed by atoms with Crippen molar-refractivity contribution in [1.82, 2.24) is 10.3 Å². The first-order valence-electron chi connectivity index (χ1n) is 13.9. The molecule has 0 saturated heterocycles. The summed E-state index contributed by atoms with van der Waals surface area (Å²) in [5, 5.41) is 12.0. The number of esters is 1. The molecule has 1 aliphatic rings. The van der Waals surface area contributed by atoms with Gasteiger partial charge in [0.25, 0.3) is 5.91 Å². The van der Waals surface area contributed by atoms with Crippen molar-refractivity contribution in [2.24, 2.45) is 16.1 Å². The van der Waals surface area contributed by atoms with Crippen molar-refractivity contribution < 1.29 is 33.8 Å². The highest BCUT2D eigenvalue weighted by Crippen LogP contribution is 2.28. The molecule has 0 bridgehead atoms. The number of aliphatic carboxylic acids is 1. The number of carboxylic acids is 1. The molecule has 11 nitrogen and oxygen atoms in total. The highest BCUT2D eigenvalue weighted by atomic mass is 16.6. The van der Waals surface area contributed by atoms with Crippen molar-refractivity contribution in [2.75, 3.05) is 19.8 Å². The summed E-state index contributed by atoms with van der Waals surface area (Å²) in [5.41, 5.74) is 8.60. The molecule has 11 heteroatoms. The number of nitrogens with one attached hydrogen (secondary N) is 2. The predicted molar refractivity (Wildman–Crippen MR) is 160 cm³/mol. The van der Waals surface area contributed by atoms with Gasteiger partial charge in [-0.25, -0.2) is 9.79 Å². The van der Waals surface area contributed by atoms with E-state index in [1.165, 1.54) is 0 Å². The Labute approximate surface area is 247 Å². The first-order valence-corrected chi connectivity index (χ1v) is 13.9. The van der Waals surface area contributed by atoms with E-state index >= 15 is 0 Å². The van der Waals surface area contributed by atoms with E-state index in [1.807, 2.05) is 0 Å². The Kier molecular flexibility index (Phi) is 12.9. The zero-order valence-electron chi connectivity index (χ0n) is 24.0. The van der Waals surface area contributed by atoms with Crippen LogP contribution >= 0.6 is 0 Å². The predicted octanol–water partition coefficient (Wildman–Crippen LogP) is 4.36. The first-order chi connectivity index (χ1) is 19.4. The molecule has 1 amide bonds. The van der Waals surface area contributed by atoms with Crippen LogP contribution in [0.1, 0.15) is 92.1 Å². The molecule has 1 aromatic heterocycles. The molecule has 0 unspecified atom stereocenters. The maximum absolute atomic E-state index is 12.7. The molecule has 230 valence electrons. The summed E-state index contributed by atoms with van der Waals surface area (Å²) in [7, 11) is 0. The van der Waals surface area contributed by atoms with Gasteiger partial charge in [0.15, 0.2) is 5.78 Å². The van der Waals surface area contributed by atoms with Crippen LogP contribution in [-0.4, -0.2) is 65.4 Å². The monoisotopic (exact) mass is 584 g/mol. The Morgan fingerprint density at radius 1 is 1.12 bits per heavy atom. The molecule has 42 heavy (non-hydrogen) atoms. The summed E-state index contributed by atoms with van der Waals surface area (Å²) in [6.07, 6.45) is 4.79. The average molecular weight is 585 g/mol. The number of carboxylic acid groups (broad SMARTS) is 1. The van der Waals surface area contributed by atoms with Crippen LogP contribution in [0.3, 0.4) is 0 Å². The zero-order chi connectivity index (χ0) is 30.0. The zero-order valence-corrected chi connectivity index (χ0v) is 24.0. The van der Waals surface area contributed by atoms with E-state index in [1.54, 1.807) is 30.5 Å². The molecule has 2 aromatic rings. The summed E-state index contributed by atoms with van der Waals surface area (Å²) in [6, 6.07) is 5.55. The third kappa shape index (κ3) is 10.8. The number of rotatable bonds is 15. The Hall–Kier alpha value is -3.99. The molecular formula is C31H44N4O7. The number of carbonyl (C=O) groups is 4. The topological polar surface area (TPSA) is 173 Å². The van der Waals surface area contributed by atoms with Gasteiger partial charge in [-0.2, -0.15) is 0 Å². The number of aryl methyl sites for hydroxylation is 2. The maximum atomic E-state index is 12.7. The lowest BCUT2D eigenvalue weighted by atomic mass is 9.91. The quantitative estimate of drug-likeness (QED) is 0.176. The fraction of sp³-hybridized carbons (Fsp3) is 0.516. The van der Waals surface area contributed by atoms with E-state index in [4.69, 9.17) is 15.2 Å². The number of Topliss-reactive ketones (excluding diaryl/α,β-unsaturated/α-hetero) is 1. The number of nitrogens with zero attached hydrogens (tertiary/aromatic N) is 1. The van der Waals surface area contributed by atoms with E-state index in [9.17, 15) is 24.3 Å². The molecule has 0 radical (unpaired) electrons. The second-order valence-electron chi connectivity index (χ2n) is 11.3. The van der Waals surface area contributed by atoms with E-state index in [2.05, 4.69) is 36.1 Å². The third-order valence-electron chi connectivity index (χ3n) is 6.66. The number of nitrogens with two attached hydrogens (primary N) is 1. The fourth-order valence-electron chi connectivity index (χ4n) is 4.44. The lowest BCUT2D eigenvalue weighted by molar-refractivity contribution is -0.146. The third-order valence-corrected chi connectivity index (χ3v) is 6.66. The maximum Gasteiger partial charge on any atom is 0.326 e. The smallest absolute Gasteiger partial charge is 0.326 e. The number of amides is 1. The second kappa shape index (κ2) is 15.9. The van der Waals surface area contributed by atoms with E-state index in [0.29, 0.717) is 36.4 Å². The number of hydrogen-bond donors (Lipinski definition) is 4. The van der Waals surface area contributed by atoms with Gasteiger partial charge in [-0.15, -0.1) is 0 Å².